The minimum atomic E-state index is 0.757. The molecule has 0 aromatic heterocycles. The molecule has 0 saturated heterocycles. The second-order valence-electron chi connectivity index (χ2n) is 3.41. The molecule has 0 heterocycles. The van der Waals surface area contributed by atoms with Crippen molar-refractivity contribution in [1.82, 2.24) is 4.90 Å². The van der Waals surface area contributed by atoms with Gasteiger partial charge in [0.2, 0.25) is 0 Å². The molecule has 0 fully saturated rings. The van der Waals surface area contributed by atoms with Gasteiger partial charge >= 0.3 is 0 Å². The lowest BCUT2D eigenvalue weighted by molar-refractivity contribution is 0.386. The number of rotatable bonds is 5. The van der Waals surface area contributed by atoms with Crippen LogP contribution in [0.2, 0.25) is 5.02 Å². The molecule has 0 aliphatic rings. The number of likely N-dealkylation sites (N-methyl/N-ethyl adjacent to an activating group) is 1. The van der Waals surface area contributed by atoms with Gasteiger partial charge < -0.3 is 4.74 Å². The normalized spacial score (nSPS) is 10.7. The third kappa shape index (κ3) is 4.01. The van der Waals surface area contributed by atoms with Gasteiger partial charge in [0.25, 0.3) is 0 Å². The number of hydrogen-bond acceptors (Lipinski definition) is 2. The zero-order valence-corrected chi connectivity index (χ0v) is 11.3. The maximum atomic E-state index is 5.94. The summed E-state index contributed by atoms with van der Waals surface area (Å²) in [7, 11) is 3.74. The Bertz CT molecular complexity index is 319. The van der Waals surface area contributed by atoms with Gasteiger partial charge in [-0.2, -0.15) is 0 Å². The summed E-state index contributed by atoms with van der Waals surface area (Å²) in [6, 6.07) is 5.71. The first-order valence-corrected chi connectivity index (χ1v) is 6.24. The average Bonchev–Trinajstić information content (AvgIpc) is 2.26. The first-order valence-electron chi connectivity index (χ1n) is 4.74. The van der Waals surface area contributed by atoms with Crippen molar-refractivity contribution in [1.29, 1.82) is 0 Å². The minimum Gasteiger partial charge on any atom is -0.496 e. The predicted molar refractivity (Wildman–Crippen MR) is 68.1 cm³/mol. The molecule has 0 aliphatic heterocycles. The molecular formula is C11H15BrClNO. The number of benzene rings is 1. The van der Waals surface area contributed by atoms with E-state index in [4.69, 9.17) is 16.3 Å². The zero-order chi connectivity index (χ0) is 11.3. The standard InChI is InChI=1S/C11H15BrClNO/c1-14(8-12)6-5-9-7-10(13)3-4-11(9)15-2/h3-4,7H,5-6,8H2,1-2H3. The van der Waals surface area contributed by atoms with Gasteiger partial charge in [0, 0.05) is 11.6 Å². The third-order valence-corrected chi connectivity index (χ3v) is 3.30. The molecule has 1 rings (SSSR count). The van der Waals surface area contributed by atoms with Gasteiger partial charge in [-0.1, -0.05) is 27.5 Å². The van der Waals surface area contributed by atoms with Gasteiger partial charge in [-0.05, 0) is 37.2 Å². The van der Waals surface area contributed by atoms with Gasteiger partial charge in [-0.15, -0.1) is 0 Å². The van der Waals surface area contributed by atoms with E-state index in [0.717, 1.165) is 34.8 Å². The second kappa shape index (κ2) is 6.36. The largest absolute Gasteiger partial charge is 0.496 e. The van der Waals surface area contributed by atoms with E-state index in [2.05, 4.69) is 27.9 Å². The van der Waals surface area contributed by atoms with E-state index in [-0.39, 0.29) is 0 Å². The van der Waals surface area contributed by atoms with Crippen molar-refractivity contribution in [2.75, 3.05) is 26.2 Å². The molecule has 0 aliphatic carbocycles. The van der Waals surface area contributed by atoms with Gasteiger partial charge in [0.05, 0.1) is 12.6 Å². The molecule has 0 unspecified atom stereocenters. The van der Waals surface area contributed by atoms with E-state index < -0.39 is 0 Å². The van der Waals surface area contributed by atoms with E-state index in [1.165, 1.54) is 0 Å². The quantitative estimate of drug-likeness (QED) is 0.610. The van der Waals surface area contributed by atoms with Crippen LogP contribution in [0.5, 0.6) is 5.75 Å². The van der Waals surface area contributed by atoms with Crippen molar-refractivity contribution < 1.29 is 4.74 Å². The minimum absolute atomic E-state index is 0.757. The summed E-state index contributed by atoms with van der Waals surface area (Å²) in [5.74, 6) is 0.905. The Kier molecular flexibility index (Phi) is 5.43. The lowest BCUT2D eigenvalue weighted by atomic mass is 10.1. The van der Waals surface area contributed by atoms with Crippen molar-refractivity contribution >= 4 is 27.5 Å². The Morgan fingerprint density at radius 3 is 2.80 bits per heavy atom. The van der Waals surface area contributed by atoms with E-state index in [1.807, 2.05) is 18.2 Å². The van der Waals surface area contributed by atoms with Crippen LogP contribution in [0.15, 0.2) is 18.2 Å². The number of methoxy groups -OCH3 is 1. The van der Waals surface area contributed by atoms with Crippen LogP contribution >= 0.6 is 27.5 Å². The lowest BCUT2D eigenvalue weighted by Crippen LogP contribution is -2.19. The molecule has 1 aromatic carbocycles. The SMILES string of the molecule is COc1ccc(Cl)cc1CCN(C)CBr. The van der Waals surface area contributed by atoms with Crippen LogP contribution < -0.4 is 4.74 Å². The van der Waals surface area contributed by atoms with Crippen molar-refractivity contribution in [3.63, 3.8) is 0 Å². The fraction of sp³-hybridized carbons (Fsp3) is 0.455. The lowest BCUT2D eigenvalue weighted by Gasteiger charge is -2.14. The highest BCUT2D eigenvalue weighted by atomic mass is 79.9. The Morgan fingerprint density at radius 1 is 1.47 bits per heavy atom. The maximum absolute atomic E-state index is 5.94. The number of nitrogens with zero attached hydrogens (tertiary/aromatic N) is 1. The fourth-order valence-electron chi connectivity index (χ4n) is 1.31. The summed E-state index contributed by atoms with van der Waals surface area (Å²) in [6.45, 7) is 0.974. The molecule has 84 valence electrons. The molecule has 15 heavy (non-hydrogen) atoms. The number of alkyl halides is 1. The summed E-state index contributed by atoms with van der Waals surface area (Å²) in [5, 5.41) is 0.757. The van der Waals surface area contributed by atoms with Crippen LogP contribution in [0.3, 0.4) is 0 Å². The first kappa shape index (κ1) is 12.8. The van der Waals surface area contributed by atoms with Crippen LogP contribution in [0, 0.1) is 0 Å². The van der Waals surface area contributed by atoms with Crippen LogP contribution in [0.1, 0.15) is 5.56 Å². The molecule has 1 aromatic rings. The first-order chi connectivity index (χ1) is 7.17. The highest BCUT2D eigenvalue weighted by molar-refractivity contribution is 9.09. The summed E-state index contributed by atoms with van der Waals surface area (Å²) < 4.78 is 5.28. The average molecular weight is 293 g/mol. The molecule has 0 saturated carbocycles. The van der Waals surface area contributed by atoms with E-state index in [0.29, 0.717) is 0 Å². The van der Waals surface area contributed by atoms with E-state index in [9.17, 15) is 0 Å². The Morgan fingerprint density at radius 2 is 2.20 bits per heavy atom. The molecule has 0 atom stereocenters. The monoisotopic (exact) mass is 291 g/mol. The van der Waals surface area contributed by atoms with Crippen molar-refractivity contribution in [3.05, 3.63) is 28.8 Å². The maximum Gasteiger partial charge on any atom is 0.122 e. The number of halogens is 2. The van der Waals surface area contributed by atoms with Gasteiger partial charge in [-0.25, -0.2) is 0 Å². The molecule has 4 heteroatoms. The van der Waals surface area contributed by atoms with Gasteiger partial charge in [-0.3, -0.25) is 4.90 Å². The molecule has 0 N–H and O–H groups in total. The Balaban J connectivity index is 2.69. The predicted octanol–water partition coefficient (Wildman–Crippen LogP) is 3.18. The molecule has 0 amide bonds. The zero-order valence-electron chi connectivity index (χ0n) is 8.96. The fourth-order valence-corrected chi connectivity index (χ4v) is 1.76. The van der Waals surface area contributed by atoms with E-state index in [1.54, 1.807) is 7.11 Å². The van der Waals surface area contributed by atoms with E-state index >= 15 is 0 Å². The van der Waals surface area contributed by atoms with Crippen molar-refractivity contribution in [2.24, 2.45) is 0 Å². The summed E-state index contributed by atoms with van der Waals surface area (Å²) in [5.41, 5.74) is 2.02. The second-order valence-corrected chi connectivity index (χ2v) is 4.34. The highest BCUT2D eigenvalue weighted by Crippen LogP contribution is 2.23. The van der Waals surface area contributed by atoms with Crippen LogP contribution in [0.4, 0.5) is 0 Å². The highest BCUT2D eigenvalue weighted by Gasteiger charge is 2.05. The Labute approximate surface area is 104 Å². The molecule has 2 nitrogen and oxygen atoms in total. The van der Waals surface area contributed by atoms with Gasteiger partial charge in [0.1, 0.15) is 5.75 Å². The summed E-state index contributed by atoms with van der Waals surface area (Å²) >= 11 is 9.35. The smallest absolute Gasteiger partial charge is 0.122 e. The van der Waals surface area contributed by atoms with Crippen LogP contribution in [0.25, 0.3) is 0 Å². The van der Waals surface area contributed by atoms with Crippen LogP contribution in [-0.2, 0) is 6.42 Å². The third-order valence-electron chi connectivity index (χ3n) is 2.21. The Hall–Kier alpha value is -0.250. The van der Waals surface area contributed by atoms with Crippen molar-refractivity contribution in [2.45, 2.75) is 6.42 Å². The summed E-state index contributed by atoms with van der Waals surface area (Å²) in [4.78, 5) is 2.18. The summed E-state index contributed by atoms with van der Waals surface area (Å²) in [6.07, 6.45) is 0.936. The number of hydrogen-bond donors (Lipinski definition) is 0. The van der Waals surface area contributed by atoms with Crippen LogP contribution in [-0.4, -0.2) is 31.1 Å². The molecule has 0 bridgehead atoms. The number of ether oxygens (including phenoxy) is 1. The molecule has 0 spiro atoms. The molecule has 0 radical (unpaired) electrons. The van der Waals surface area contributed by atoms with Gasteiger partial charge in [0.15, 0.2) is 0 Å². The topological polar surface area (TPSA) is 12.5 Å². The molecular weight excluding hydrogens is 277 g/mol. The van der Waals surface area contributed by atoms with Crippen molar-refractivity contribution in [3.8, 4) is 5.75 Å².